The molecule has 3 aliphatic rings. The third-order valence-electron chi connectivity index (χ3n) is 6.56. The van der Waals surface area contributed by atoms with Crippen LogP contribution in [0.15, 0.2) is 94.1 Å². The molecule has 0 aromatic heterocycles. The Morgan fingerprint density at radius 2 is 1.82 bits per heavy atom. The first-order valence-electron chi connectivity index (χ1n) is 11.0. The summed E-state index contributed by atoms with van der Waals surface area (Å²) in [6.07, 6.45) is 7.02. The van der Waals surface area contributed by atoms with Gasteiger partial charge in [0, 0.05) is 18.3 Å². The smallest absolute Gasteiger partial charge is 0.371 e. The van der Waals surface area contributed by atoms with Gasteiger partial charge in [0.05, 0.1) is 11.7 Å². The van der Waals surface area contributed by atoms with E-state index in [1.54, 1.807) is 30.5 Å². The Hall–Kier alpha value is -3.25. The number of aryl methyl sites for hydroxylation is 1. The van der Waals surface area contributed by atoms with Crippen LogP contribution >= 0.6 is 0 Å². The van der Waals surface area contributed by atoms with Crippen molar-refractivity contribution in [3.05, 3.63) is 106 Å². The van der Waals surface area contributed by atoms with Gasteiger partial charge >= 0.3 is 6.18 Å². The van der Waals surface area contributed by atoms with Gasteiger partial charge < -0.3 is 5.11 Å². The molecule has 2 aliphatic heterocycles. The van der Waals surface area contributed by atoms with Crippen LogP contribution in [0.3, 0.4) is 0 Å². The number of benzene rings is 2. The molecule has 1 N–H and O–H groups in total. The van der Waals surface area contributed by atoms with E-state index < -0.39 is 11.8 Å². The maximum Gasteiger partial charge on any atom is 0.427 e. The van der Waals surface area contributed by atoms with E-state index in [4.69, 9.17) is 0 Å². The zero-order valence-corrected chi connectivity index (χ0v) is 17.8. The zero-order valence-electron chi connectivity index (χ0n) is 17.8. The van der Waals surface area contributed by atoms with Crippen molar-refractivity contribution in [2.24, 2.45) is 15.9 Å². The molecule has 0 saturated carbocycles. The molecule has 0 saturated heterocycles. The lowest BCUT2D eigenvalue weighted by Gasteiger charge is -2.35. The molecule has 0 radical (unpaired) electrons. The number of rotatable bonds is 3. The SMILES string of the molecule is OC(C1=C2C=CC=CC2CC=N1)(c1ccc2c(c1)C=NC(c1ccccc1)CC2)C(F)(F)F. The first kappa shape index (κ1) is 21.6. The van der Waals surface area contributed by atoms with Crippen molar-refractivity contribution in [2.45, 2.75) is 37.1 Å². The van der Waals surface area contributed by atoms with E-state index in [0.29, 0.717) is 24.0 Å². The standard InChI is InChI=1S/C27H23F3N2O/c28-27(29,30)26(33,25-23-9-5-4-6-19(23)14-15-31-25)22-12-10-18-11-13-24(32-17-21(18)16-22)20-7-2-1-3-8-20/h1-10,12,15-17,19,24,33H,11,13-14H2. The predicted molar refractivity (Wildman–Crippen MR) is 123 cm³/mol. The number of nitrogens with zero attached hydrogens (tertiary/aromatic N) is 2. The fourth-order valence-corrected chi connectivity index (χ4v) is 4.75. The fraction of sp³-hybridized carbons (Fsp3) is 0.259. The number of fused-ring (bicyclic) bond motifs is 2. The molecular formula is C27H23F3N2O. The predicted octanol–water partition coefficient (Wildman–Crippen LogP) is 6.01. The highest BCUT2D eigenvalue weighted by atomic mass is 19.4. The fourth-order valence-electron chi connectivity index (χ4n) is 4.75. The molecule has 0 amide bonds. The Labute approximate surface area is 190 Å². The topological polar surface area (TPSA) is 45.0 Å². The van der Waals surface area contributed by atoms with Crippen LogP contribution in [-0.4, -0.2) is 23.7 Å². The first-order valence-corrected chi connectivity index (χ1v) is 11.0. The quantitative estimate of drug-likeness (QED) is 0.614. The number of hydrogen-bond acceptors (Lipinski definition) is 3. The maximum atomic E-state index is 14.5. The van der Waals surface area contributed by atoms with Gasteiger partial charge in [-0.05, 0) is 53.2 Å². The Morgan fingerprint density at radius 3 is 2.61 bits per heavy atom. The van der Waals surface area contributed by atoms with Gasteiger partial charge in [-0.1, -0.05) is 66.8 Å². The summed E-state index contributed by atoms with van der Waals surface area (Å²) in [5, 5.41) is 11.3. The van der Waals surface area contributed by atoms with Gasteiger partial charge in [0.2, 0.25) is 5.60 Å². The molecule has 6 heteroatoms. The van der Waals surface area contributed by atoms with Gasteiger partial charge in [0.15, 0.2) is 0 Å². The van der Waals surface area contributed by atoms with Crippen LogP contribution in [0.1, 0.15) is 41.1 Å². The monoisotopic (exact) mass is 448 g/mol. The minimum absolute atomic E-state index is 0.0589. The van der Waals surface area contributed by atoms with E-state index in [9.17, 15) is 18.3 Å². The number of aliphatic hydroxyl groups is 1. The molecule has 2 heterocycles. The Balaban J connectivity index is 1.59. The summed E-state index contributed by atoms with van der Waals surface area (Å²) in [5.41, 5.74) is -0.863. The lowest BCUT2D eigenvalue weighted by molar-refractivity contribution is -0.250. The van der Waals surface area contributed by atoms with Crippen LogP contribution in [0, 0.1) is 5.92 Å². The largest absolute Gasteiger partial charge is 0.427 e. The van der Waals surface area contributed by atoms with Crippen molar-refractivity contribution in [3.63, 3.8) is 0 Å². The van der Waals surface area contributed by atoms with Crippen LogP contribution in [0.25, 0.3) is 0 Å². The second-order valence-corrected chi connectivity index (χ2v) is 8.57. The van der Waals surface area contributed by atoms with Gasteiger partial charge in [-0.3, -0.25) is 9.98 Å². The summed E-state index contributed by atoms with van der Waals surface area (Å²) in [7, 11) is 0. The molecule has 2 aromatic rings. The van der Waals surface area contributed by atoms with Gasteiger partial charge in [-0.15, -0.1) is 0 Å². The molecule has 3 unspecified atom stereocenters. The minimum Gasteiger partial charge on any atom is -0.371 e. The normalized spacial score (nSPS) is 23.6. The number of aliphatic imine (C=N–C) groups is 2. The van der Waals surface area contributed by atoms with Crippen LogP contribution < -0.4 is 0 Å². The van der Waals surface area contributed by atoms with E-state index >= 15 is 0 Å². The van der Waals surface area contributed by atoms with Gasteiger partial charge in [-0.25, -0.2) is 0 Å². The zero-order chi connectivity index (χ0) is 23.1. The van der Waals surface area contributed by atoms with E-state index in [1.165, 1.54) is 18.3 Å². The summed E-state index contributed by atoms with van der Waals surface area (Å²) in [6, 6.07) is 14.2. The molecular weight excluding hydrogens is 425 g/mol. The second kappa shape index (κ2) is 8.27. The van der Waals surface area contributed by atoms with Gasteiger partial charge in [0.1, 0.15) is 0 Å². The van der Waals surface area contributed by atoms with E-state index in [1.807, 2.05) is 36.4 Å². The highest BCUT2D eigenvalue weighted by Gasteiger charge is 2.59. The first-order chi connectivity index (χ1) is 15.9. The van der Waals surface area contributed by atoms with Crippen LogP contribution in [0.2, 0.25) is 0 Å². The highest BCUT2D eigenvalue weighted by molar-refractivity contribution is 5.83. The molecule has 0 spiro atoms. The van der Waals surface area contributed by atoms with Crippen molar-refractivity contribution >= 4 is 12.4 Å². The average molecular weight is 448 g/mol. The van der Waals surface area contributed by atoms with E-state index in [0.717, 1.165) is 17.5 Å². The summed E-state index contributed by atoms with van der Waals surface area (Å²) in [4.78, 5) is 8.73. The molecule has 5 rings (SSSR count). The molecule has 3 atom stereocenters. The molecule has 3 nitrogen and oxygen atoms in total. The Kier molecular flexibility index (Phi) is 5.41. The lowest BCUT2D eigenvalue weighted by Crippen LogP contribution is -2.45. The van der Waals surface area contributed by atoms with Crippen LogP contribution in [0.4, 0.5) is 13.2 Å². The number of hydrogen-bond donors (Lipinski definition) is 1. The lowest BCUT2D eigenvalue weighted by atomic mass is 9.79. The Morgan fingerprint density at radius 1 is 1.00 bits per heavy atom. The van der Waals surface area contributed by atoms with Crippen molar-refractivity contribution < 1.29 is 18.3 Å². The number of alkyl halides is 3. The van der Waals surface area contributed by atoms with E-state index in [-0.39, 0.29) is 23.2 Å². The molecule has 1 aliphatic carbocycles. The molecule has 2 aromatic carbocycles. The second-order valence-electron chi connectivity index (χ2n) is 8.57. The summed E-state index contributed by atoms with van der Waals surface area (Å²) < 4.78 is 43.5. The number of allylic oxidation sites excluding steroid dienone is 5. The van der Waals surface area contributed by atoms with Gasteiger partial charge in [-0.2, -0.15) is 13.2 Å². The maximum absolute atomic E-state index is 14.5. The molecule has 0 bridgehead atoms. The number of halogens is 3. The minimum atomic E-state index is -4.95. The van der Waals surface area contributed by atoms with Crippen molar-refractivity contribution in [2.75, 3.05) is 0 Å². The highest BCUT2D eigenvalue weighted by Crippen LogP contribution is 2.49. The van der Waals surface area contributed by atoms with Crippen molar-refractivity contribution in [3.8, 4) is 0 Å². The van der Waals surface area contributed by atoms with Crippen molar-refractivity contribution in [1.82, 2.24) is 0 Å². The summed E-state index contributed by atoms with van der Waals surface area (Å²) in [5.74, 6) is -0.231. The van der Waals surface area contributed by atoms with Crippen LogP contribution in [0.5, 0.6) is 0 Å². The third kappa shape index (κ3) is 3.78. The summed E-state index contributed by atoms with van der Waals surface area (Å²) in [6.45, 7) is 0. The van der Waals surface area contributed by atoms with Crippen LogP contribution in [-0.2, 0) is 12.0 Å². The average Bonchev–Trinajstić information content (AvgIpc) is 3.05. The Bertz CT molecular complexity index is 1210. The third-order valence-corrected chi connectivity index (χ3v) is 6.56. The van der Waals surface area contributed by atoms with Crippen molar-refractivity contribution in [1.29, 1.82) is 0 Å². The molecule has 33 heavy (non-hydrogen) atoms. The molecule has 0 fully saturated rings. The summed E-state index contributed by atoms with van der Waals surface area (Å²) >= 11 is 0. The molecule has 168 valence electrons. The van der Waals surface area contributed by atoms with Gasteiger partial charge in [0.25, 0.3) is 0 Å². The van der Waals surface area contributed by atoms with E-state index in [2.05, 4.69) is 9.98 Å².